The normalized spacial score (nSPS) is 11.5. The number of carboxylic acids is 1. The molecule has 3 aromatic carbocycles. The molecular formula is C29H29Cl2NO7. The SMILES string of the molecule is CCOCc1cc(OC)c(-c2ccc(C[C@H](NC(=O)c3c(Cl)cccc3Cl)C(=O)O)cc2C(C)=O)c(OC)c1. The first kappa shape index (κ1) is 30.0. The summed E-state index contributed by atoms with van der Waals surface area (Å²) in [5, 5.41) is 12.5. The number of hydrogen-bond acceptors (Lipinski definition) is 6. The Kier molecular flexibility index (Phi) is 10.3. The molecule has 8 nitrogen and oxygen atoms in total. The third kappa shape index (κ3) is 7.09. The van der Waals surface area contributed by atoms with Crippen molar-refractivity contribution in [1.29, 1.82) is 0 Å². The topological polar surface area (TPSA) is 111 Å². The monoisotopic (exact) mass is 573 g/mol. The van der Waals surface area contributed by atoms with Gasteiger partial charge in [0.05, 0.1) is 42.0 Å². The molecule has 2 N–H and O–H groups in total. The van der Waals surface area contributed by atoms with Crippen LogP contribution < -0.4 is 14.8 Å². The Morgan fingerprint density at radius 3 is 2.08 bits per heavy atom. The fourth-order valence-corrected chi connectivity index (χ4v) is 4.71. The maximum Gasteiger partial charge on any atom is 0.326 e. The van der Waals surface area contributed by atoms with Crippen LogP contribution in [0.5, 0.6) is 11.5 Å². The zero-order chi connectivity index (χ0) is 28.7. The van der Waals surface area contributed by atoms with Gasteiger partial charge < -0.3 is 24.6 Å². The van der Waals surface area contributed by atoms with Crippen LogP contribution >= 0.6 is 23.2 Å². The molecule has 10 heteroatoms. The predicted octanol–water partition coefficient (Wildman–Crippen LogP) is 5.84. The molecule has 1 amide bonds. The van der Waals surface area contributed by atoms with Crippen molar-refractivity contribution in [2.75, 3.05) is 20.8 Å². The van der Waals surface area contributed by atoms with E-state index < -0.39 is 17.9 Å². The Balaban J connectivity index is 1.99. The summed E-state index contributed by atoms with van der Waals surface area (Å²) in [5.74, 6) is -1.23. The van der Waals surface area contributed by atoms with E-state index in [0.29, 0.717) is 47.0 Å². The first-order valence-electron chi connectivity index (χ1n) is 12.1. The maximum atomic E-state index is 12.8. The van der Waals surface area contributed by atoms with Crippen molar-refractivity contribution in [1.82, 2.24) is 5.32 Å². The van der Waals surface area contributed by atoms with Gasteiger partial charge in [-0.25, -0.2) is 4.79 Å². The lowest BCUT2D eigenvalue weighted by atomic mass is 9.91. The fourth-order valence-electron chi connectivity index (χ4n) is 4.14. The van der Waals surface area contributed by atoms with Crippen molar-refractivity contribution < 1.29 is 33.7 Å². The average molecular weight is 574 g/mol. The molecule has 0 heterocycles. The molecule has 0 saturated carbocycles. The summed E-state index contributed by atoms with van der Waals surface area (Å²) in [6.07, 6.45) is -0.0920. The molecule has 0 aromatic heterocycles. The first-order valence-corrected chi connectivity index (χ1v) is 12.8. The number of rotatable bonds is 12. The highest BCUT2D eigenvalue weighted by Crippen LogP contribution is 2.42. The van der Waals surface area contributed by atoms with Gasteiger partial charge in [0, 0.05) is 18.6 Å². The van der Waals surface area contributed by atoms with Gasteiger partial charge in [-0.15, -0.1) is 0 Å². The second-order valence-corrected chi connectivity index (χ2v) is 9.43. The lowest BCUT2D eigenvalue weighted by Crippen LogP contribution is -2.42. The highest BCUT2D eigenvalue weighted by molar-refractivity contribution is 6.39. The summed E-state index contributed by atoms with van der Waals surface area (Å²) in [7, 11) is 3.05. The molecule has 206 valence electrons. The van der Waals surface area contributed by atoms with E-state index in [4.69, 9.17) is 37.4 Å². The Hall–Kier alpha value is -3.59. The van der Waals surface area contributed by atoms with Crippen LogP contribution in [0.2, 0.25) is 10.0 Å². The Labute approximate surface area is 236 Å². The van der Waals surface area contributed by atoms with Gasteiger partial charge in [-0.05, 0) is 60.9 Å². The van der Waals surface area contributed by atoms with Gasteiger partial charge in [0.2, 0.25) is 0 Å². The Morgan fingerprint density at radius 1 is 0.949 bits per heavy atom. The number of carbonyl (C=O) groups excluding carboxylic acids is 2. The first-order chi connectivity index (χ1) is 18.6. The average Bonchev–Trinajstić information content (AvgIpc) is 2.90. The molecule has 0 aliphatic heterocycles. The number of aliphatic carboxylic acids is 1. The number of hydrogen-bond donors (Lipinski definition) is 2. The number of carbonyl (C=O) groups is 3. The van der Waals surface area contributed by atoms with Crippen LogP contribution in [0.15, 0.2) is 48.5 Å². The fraction of sp³-hybridized carbons (Fsp3) is 0.276. The molecule has 0 unspecified atom stereocenters. The lowest BCUT2D eigenvalue weighted by Gasteiger charge is -2.19. The summed E-state index contributed by atoms with van der Waals surface area (Å²) in [4.78, 5) is 37.6. The molecule has 39 heavy (non-hydrogen) atoms. The van der Waals surface area contributed by atoms with E-state index >= 15 is 0 Å². The number of benzene rings is 3. The quantitative estimate of drug-likeness (QED) is 0.262. The molecule has 0 aliphatic carbocycles. The molecule has 0 fully saturated rings. The van der Waals surface area contributed by atoms with Gasteiger partial charge in [0.15, 0.2) is 5.78 Å². The van der Waals surface area contributed by atoms with Gasteiger partial charge in [0.25, 0.3) is 5.91 Å². The third-order valence-corrected chi connectivity index (χ3v) is 6.63. The van der Waals surface area contributed by atoms with Crippen LogP contribution in [0.3, 0.4) is 0 Å². The van der Waals surface area contributed by atoms with E-state index in [9.17, 15) is 19.5 Å². The van der Waals surface area contributed by atoms with E-state index in [1.807, 2.05) is 19.1 Å². The van der Waals surface area contributed by atoms with Crippen molar-refractivity contribution >= 4 is 40.9 Å². The molecule has 0 aliphatic rings. The number of nitrogens with one attached hydrogen (secondary N) is 1. The van der Waals surface area contributed by atoms with Gasteiger partial charge in [-0.3, -0.25) is 9.59 Å². The van der Waals surface area contributed by atoms with Crippen LogP contribution in [0, 0.1) is 0 Å². The standard InChI is InChI=1S/C29H29Cl2NO7/c1-5-39-15-18-13-24(37-3)26(25(14-18)38-4)19-10-9-17(11-20(19)16(2)33)12-23(29(35)36)32-28(34)27-21(30)7-6-8-22(27)31/h6-11,13-14,23H,5,12,15H2,1-4H3,(H,32,34)(H,35,36)/t23-/m0/s1. The van der Waals surface area contributed by atoms with Crippen molar-refractivity contribution in [3.8, 4) is 22.6 Å². The minimum absolute atomic E-state index is 0.0150. The maximum absolute atomic E-state index is 12.8. The summed E-state index contributed by atoms with van der Waals surface area (Å²) >= 11 is 12.2. The van der Waals surface area contributed by atoms with Crippen molar-refractivity contribution in [3.63, 3.8) is 0 Å². The summed E-state index contributed by atoms with van der Waals surface area (Å²) in [6.45, 7) is 4.23. The van der Waals surface area contributed by atoms with Crippen LogP contribution in [0.4, 0.5) is 0 Å². The summed E-state index contributed by atoms with van der Waals surface area (Å²) < 4.78 is 16.8. The lowest BCUT2D eigenvalue weighted by molar-refractivity contribution is -0.139. The highest BCUT2D eigenvalue weighted by atomic mass is 35.5. The van der Waals surface area contributed by atoms with E-state index in [1.165, 1.54) is 33.3 Å². The molecule has 0 saturated heterocycles. The number of amides is 1. The van der Waals surface area contributed by atoms with E-state index in [-0.39, 0.29) is 27.8 Å². The summed E-state index contributed by atoms with van der Waals surface area (Å²) in [5.41, 5.74) is 2.82. The van der Waals surface area contributed by atoms with Crippen LogP contribution in [0.1, 0.15) is 45.7 Å². The number of carboxylic acid groups (broad SMARTS) is 1. The molecule has 0 bridgehead atoms. The van der Waals surface area contributed by atoms with Crippen LogP contribution in [0.25, 0.3) is 11.1 Å². The largest absolute Gasteiger partial charge is 0.496 e. The van der Waals surface area contributed by atoms with Crippen LogP contribution in [-0.2, 0) is 22.6 Å². The molecule has 1 atom stereocenters. The Bertz CT molecular complexity index is 1340. The molecule has 0 radical (unpaired) electrons. The molecular weight excluding hydrogens is 545 g/mol. The van der Waals surface area contributed by atoms with E-state index in [2.05, 4.69) is 5.32 Å². The van der Waals surface area contributed by atoms with Gasteiger partial charge in [0.1, 0.15) is 17.5 Å². The number of ether oxygens (including phenoxy) is 3. The molecule has 0 spiro atoms. The van der Waals surface area contributed by atoms with E-state index in [0.717, 1.165) is 5.56 Å². The van der Waals surface area contributed by atoms with Crippen molar-refractivity contribution in [2.45, 2.75) is 32.9 Å². The zero-order valence-corrected chi connectivity index (χ0v) is 23.5. The predicted molar refractivity (Wildman–Crippen MR) is 149 cm³/mol. The minimum atomic E-state index is -1.31. The van der Waals surface area contributed by atoms with Crippen molar-refractivity contribution in [3.05, 3.63) is 80.8 Å². The third-order valence-electron chi connectivity index (χ3n) is 6.00. The second-order valence-electron chi connectivity index (χ2n) is 8.61. The zero-order valence-electron chi connectivity index (χ0n) is 22.0. The van der Waals surface area contributed by atoms with E-state index in [1.54, 1.807) is 24.3 Å². The number of ketones is 1. The van der Waals surface area contributed by atoms with Crippen LogP contribution in [-0.4, -0.2) is 49.6 Å². The number of Topliss-reactive ketones (excluding diaryl/α,β-unsaturated/α-hetero) is 1. The second kappa shape index (κ2) is 13.5. The number of halogens is 2. The number of methoxy groups -OCH3 is 2. The van der Waals surface area contributed by atoms with Gasteiger partial charge in [-0.2, -0.15) is 0 Å². The Morgan fingerprint density at radius 2 is 1.56 bits per heavy atom. The smallest absolute Gasteiger partial charge is 0.326 e. The van der Waals surface area contributed by atoms with Crippen molar-refractivity contribution in [2.24, 2.45) is 0 Å². The molecule has 3 aromatic rings. The summed E-state index contributed by atoms with van der Waals surface area (Å²) in [6, 6.07) is 11.9. The highest BCUT2D eigenvalue weighted by Gasteiger charge is 2.25. The minimum Gasteiger partial charge on any atom is -0.496 e. The molecule has 3 rings (SSSR count). The van der Waals surface area contributed by atoms with Gasteiger partial charge in [-0.1, -0.05) is 41.4 Å². The van der Waals surface area contributed by atoms with Gasteiger partial charge >= 0.3 is 5.97 Å².